The summed E-state index contributed by atoms with van der Waals surface area (Å²) in [6.07, 6.45) is -7.87. The van der Waals surface area contributed by atoms with Crippen molar-refractivity contribution in [3.8, 4) is 28.6 Å². The van der Waals surface area contributed by atoms with Crippen molar-refractivity contribution in [2.75, 3.05) is 6.61 Å². The normalized spacial score (nSPS) is 26.3. The van der Waals surface area contributed by atoms with Crippen molar-refractivity contribution in [2.45, 2.75) is 30.5 Å². The smallest absolute Gasteiger partial charge is 0.197 e. The van der Waals surface area contributed by atoms with Gasteiger partial charge in [-0.05, 0) is 24.3 Å². The van der Waals surface area contributed by atoms with Gasteiger partial charge in [0.05, 0.1) is 12.2 Å². The van der Waals surface area contributed by atoms with Crippen molar-refractivity contribution in [1.82, 2.24) is 0 Å². The number of benzene rings is 2. The summed E-state index contributed by atoms with van der Waals surface area (Å²) in [5.41, 5.74) is -0.813. The highest BCUT2D eigenvalue weighted by Crippen LogP contribution is 2.43. The molecular formula is C21H20O10. The molecule has 2 aromatic carbocycles. The zero-order valence-electron chi connectivity index (χ0n) is 15.9. The predicted molar refractivity (Wildman–Crippen MR) is 106 cm³/mol. The Morgan fingerprint density at radius 3 is 2.19 bits per heavy atom. The van der Waals surface area contributed by atoms with E-state index in [9.17, 15) is 40.5 Å². The van der Waals surface area contributed by atoms with Crippen molar-refractivity contribution in [3.63, 3.8) is 0 Å². The third-order valence-corrected chi connectivity index (χ3v) is 5.33. The van der Waals surface area contributed by atoms with Crippen LogP contribution >= 0.6 is 0 Å². The number of phenolic OH excluding ortho intramolecular Hbond substituents is 3. The van der Waals surface area contributed by atoms with Crippen LogP contribution in [0.15, 0.2) is 45.6 Å². The van der Waals surface area contributed by atoms with E-state index in [4.69, 9.17) is 9.15 Å². The number of fused-ring (bicyclic) bond motifs is 1. The Balaban J connectivity index is 1.96. The summed E-state index contributed by atoms with van der Waals surface area (Å²) in [7, 11) is 0. The minimum atomic E-state index is -1.75. The second-order valence-electron chi connectivity index (χ2n) is 7.30. The van der Waals surface area contributed by atoms with Crippen LogP contribution in [0.5, 0.6) is 17.2 Å². The standard InChI is InChI=1S/C21H20O10/c22-7-14-17(27)18(28)19(29)21(31-14)16-11(25)5-10(24)15-12(26)6-13(30-20(15)16)8-1-3-9(23)4-2-8/h1-6,14,17-19,21-25,27-29H,7H2/t14-,17-,18-,19+,21-/m0/s1. The Morgan fingerprint density at radius 2 is 1.55 bits per heavy atom. The van der Waals surface area contributed by atoms with Crippen LogP contribution in [-0.4, -0.2) is 66.8 Å². The van der Waals surface area contributed by atoms with Crippen LogP contribution in [0.25, 0.3) is 22.3 Å². The minimum absolute atomic E-state index is 0.0100. The molecule has 5 atom stereocenters. The molecule has 31 heavy (non-hydrogen) atoms. The zero-order chi connectivity index (χ0) is 22.4. The number of aliphatic hydroxyl groups excluding tert-OH is 4. The summed E-state index contributed by atoms with van der Waals surface area (Å²) < 4.78 is 11.3. The second-order valence-corrected chi connectivity index (χ2v) is 7.30. The van der Waals surface area contributed by atoms with E-state index in [1.165, 1.54) is 24.3 Å². The molecule has 2 heterocycles. The van der Waals surface area contributed by atoms with E-state index < -0.39 is 54.1 Å². The van der Waals surface area contributed by atoms with E-state index in [1.54, 1.807) is 0 Å². The summed E-state index contributed by atoms with van der Waals surface area (Å²) in [4.78, 5) is 12.7. The first-order valence-corrected chi connectivity index (χ1v) is 9.35. The van der Waals surface area contributed by atoms with Gasteiger partial charge in [0.15, 0.2) is 11.0 Å². The third kappa shape index (κ3) is 3.50. The number of rotatable bonds is 3. The predicted octanol–water partition coefficient (Wildman–Crippen LogP) is 0.0917. The van der Waals surface area contributed by atoms with Gasteiger partial charge in [0.1, 0.15) is 58.9 Å². The van der Waals surface area contributed by atoms with E-state index in [2.05, 4.69) is 0 Å². The van der Waals surface area contributed by atoms with Gasteiger partial charge in [0.2, 0.25) is 0 Å². The monoisotopic (exact) mass is 432 g/mol. The van der Waals surface area contributed by atoms with Crippen LogP contribution in [0.1, 0.15) is 11.7 Å². The molecule has 7 N–H and O–H groups in total. The molecule has 0 unspecified atom stereocenters. The maximum atomic E-state index is 12.7. The molecule has 0 saturated carbocycles. The molecule has 1 aliphatic heterocycles. The Labute approximate surface area is 174 Å². The van der Waals surface area contributed by atoms with Crippen LogP contribution in [0, 0.1) is 0 Å². The summed E-state index contributed by atoms with van der Waals surface area (Å²) in [6.45, 7) is -0.694. The lowest BCUT2D eigenvalue weighted by atomic mass is 9.89. The molecule has 0 bridgehead atoms. The molecule has 1 aromatic heterocycles. The first-order chi connectivity index (χ1) is 14.7. The third-order valence-electron chi connectivity index (χ3n) is 5.33. The number of phenols is 3. The SMILES string of the molecule is O=c1cc(-c2ccc(O)cc2)oc2c([C@@H]3O[C@@H](CO)[C@H](O)[C@H](O)[C@H]3O)c(O)cc(O)c12. The van der Waals surface area contributed by atoms with Gasteiger partial charge in [-0.15, -0.1) is 0 Å². The quantitative estimate of drug-likeness (QED) is 0.300. The Kier molecular flexibility index (Phi) is 5.33. The Hall–Kier alpha value is -3.15. The average Bonchev–Trinajstić information content (AvgIpc) is 2.73. The van der Waals surface area contributed by atoms with Crippen molar-refractivity contribution >= 4 is 11.0 Å². The number of hydrogen-bond donors (Lipinski definition) is 7. The van der Waals surface area contributed by atoms with Crippen molar-refractivity contribution in [2.24, 2.45) is 0 Å². The molecule has 1 saturated heterocycles. The van der Waals surface area contributed by atoms with E-state index in [-0.39, 0.29) is 28.0 Å². The largest absolute Gasteiger partial charge is 0.508 e. The minimum Gasteiger partial charge on any atom is -0.508 e. The van der Waals surface area contributed by atoms with Gasteiger partial charge in [0, 0.05) is 17.7 Å². The van der Waals surface area contributed by atoms with Crippen LogP contribution in [0.4, 0.5) is 0 Å². The molecule has 10 nitrogen and oxygen atoms in total. The lowest BCUT2D eigenvalue weighted by Gasteiger charge is -2.40. The van der Waals surface area contributed by atoms with Crippen molar-refractivity contribution < 1.29 is 44.9 Å². The first kappa shape index (κ1) is 21.1. The number of aromatic hydroxyl groups is 3. The molecule has 4 rings (SSSR count). The maximum Gasteiger partial charge on any atom is 0.197 e. The molecular weight excluding hydrogens is 412 g/mol. The summed E-state index contributed by atoms with van der Waals surface area (Å²) >= 11 is 0. The number of aliphatic hydroxyl groups is 4. The van der Waals surface area contributed by atoms with Crippen LogP contribution < -0.4 is 5.43 Å². The highest BCUT2D eigenvalue weighted by Gasteiger charge is 2.46. The molecule has 10 heteroatoms. The molecule has 0 amide bonds. The summed E-state index contributed by atoms with van der Waals surface area (Å²) in [6, 6.07) is 7.69. The lowest BCUT2D eigenvalue weighted by Crippen LogP contribution is -2.55. The van der Waals surface area contributed by atoms with Crippen LogP contribution in [-0.2, 0) is 4.74 Å². The van der Waals surface area contributed by atoms with Gasteiger partial charge < -0.3 is 44.9 Å². The molecule has 3 aromatic rings. The van der Waals surface area contributed by atoms with Gasteiger partial charge in [-0.3, -0.25) is 4.79 Å². The molecule has 1 aliphatic rings. The molecule has 164 valence electrons. The van der Waals surface area contributed by atoms with Gasteiger partial charge in [-0.2, -0.15) is 0 Å². The number of ether oxygens (including phenoxy) is 1. The fraction of sp³-hybridized carbons (Fsp3) is 0.286. The first-order valence-electron chi connectivity index (χ1n) is 9.35. The van der Waals surface area contributed by atoms with Gasteiger partial charge in [-0.25, -0.2) is 0 Å². The van der Waals surface area contributed by atoms with Crippen LogP contribution in [0.3, 0.4) is 0 Å². The maximum absolute atomic E-state index is 12.7. The fourth-order valence-corrected chi connectivity index (χ4v) is 3.70. The molecule has 0 aliphatic carbocycles. The highest BCUT2D eigenvalue weighted by atomic mass is 16.5. The van der Waals surface area contributed by atoms with Crippen molar-refractivity contribution in [3.05, 3.63) is 52.2 Å². The Morgan fingerprint density at radius 1 is 0.871 bits per heavy atom. The lowest BCUT2D eigenvalue weighted by molar-refractivity contribution is -0.231. The molecule has 0 radical (unpaired) electrons. The highest BCUT2D eigenvalue weighted by molar-refractivity contribution is 5.89. The summed E-state index contributed by atoms with van der Waals surface area (Å²) in [5.74, 6) is -1.15. The van der Waals surface area contributed by atoms with E-state index >= 15 is 0 Å². The van der Waals surface area contributed by atoms with Gasteiger partial charge in [-0.1, -0.05) is 0 Å². The van der Waals surface area contributed by atoms with E-state index in [0.29, 0.717) is 5.56 Å². The van der Waals surface area contributed by atoms with Crippen LogP contribution in [0.2, 0.25) is 0 Å². The zero-order valence-corrected chi connectivity index (χ0v) is 15.9. The average molecular weight is 432 g/mol. The second kappa shape index (κ2) is 7.84. The topological polar surface area (TPSA) is 181 Å². The van der Waals surface area contributed by atoms with Gasteiger partial charge in [0.25, 0.3) is 0 Å². The van der Waals surface area contributed by atoms with E-state index in [0.717, 1.165) is 12.1 Å². The molecule has 0 spiro atoms. The van der Waals surface area contributed by atoms with Gasteiger partial charge >= 0.3 is 0 Å². The Bertz CT molecular complexity index is 1170. The van der Waals surface area contributed by atoms with E-state index in [1.807, 2.05) is 0 Å². The fourth-order valence-electron chi connectivity index (χ4n) is 3.70. The number of hydrogen-bond acceptors (Lipinski definition) is 10. The molecule has 1 fully saturated rings. The summed E-state index contributed by atoms with van der Waals surface area (Å²) in [5, 5.41) is 70.0. The van der Waals surface area contributed by atoms with Crippen molar-refractivity contribution in [1.29, 1.82) is 0 Å².